The Labute approximate surface area is 112 Å². The quantitative estimate of drug-likeness (QED) is 0.857. The lowest BCUT2D eigenvalue weighted by molar-refractivity contribution is 0.219. The van der Waals surface area contributed by atoms with Gasteiger partial charge in [0, 0.05) is 6.04 Å². The van der Waals surface area contributed by atoms with Crippen molar-refractivity contribution in [1.82, 2.24) is 5.32 Å². The first-order valence-corrected chi connectivity index (χ1v) is 9.22. The maximum absolute atomic E-state index is 11.4. The third-order valence-corrected chi connectivity index (χ3v) is 6.68. The van der Waals surface area contributed by atoms with Crippen molar-refractivity contribution in [2.24, 2.45) is 17.8 Å². The van der Waals surface area contributed by atoms with Crippen LogP contribution in [0.15, 0.2) is 0 Å². The molecule has 1 heterocycles. The van der Waals surface area contributed by atoms with E-state index < -0.39 is 9.84 Å². The Morgan fingerprint density at radius 3 is 2.28 bits per heavy atom. The van der Waals surface area contributed by atoms with Crippen LogP contribution >= 0.6 is 0 Å². The smallest absolute Gasteiger partial charge is 0.150 e. The van der Waals surface area contributed by atoms with E-state index in [4.69, 9.17) is 0 Å². The molecule has 3 nitrogen and oxygen atoms in total. The highest BCUT2D eigenvalue weighted by Gasteiger charge is 2.27. The second-order valence-electron chi connectivity index (χ2n) is 6.47. The number of rotatable bonds is 3. The fourth-order valence-corrected chi connectivity index (χ4v) is 4.80. The third kappa shape index (κ3) is 3.95. The standard InChI is InChI=1S/C14H27NO2S/c1-11-3-4-14(9-12(11)2)15-10-13-5-7-18(16,17)8-6-13/h11-15H,3-10H2,1-2H3/t11-,12+,14+/m1/s1. The lowest BCUT2D eigenvalue weighted by Crippen LogP contribution is -2.40. The highest BCUT2D eigenvalue weighted by Crippen LogP contribution is 2.29. The van der Waals surface area contributed by atoms with Gasteiger partial charge in [-0.25, -0.2) is 8.42 Å². The van der Waals surface area contributed by atoms with Crippen LogP contribution in [0.5, 0.6) is 0 Å². The van der Waals surface area contributed by atoms with Crippen molar-refractivity contribution in [3.05, 3.63) is 0 Å². The number of nitrogens with one attached hydrogen (secondary N) is 1. The van der Waals surface area contributed by atoms with E-state index in [0.717, 1.165) is 31.2 Å². The molecular weight excluding hydrogens is 246 g/mol. The second kappa shape index (κ2) is 5.91. The summed E-state index contributed by atoms with van der Waals surface area (Å²) in [6.45, 7) is 5.72. The predicted molar refractivity (Wildman–Crippen MR) is 75.3 cm³/mol. The van der Waals surface area contributed by atoms with Gasteiger partial charge in [-0.1, -0.05) is 13.8 Å². The van der Waals surface area contributed by atoms with E-state index >= 15 is 0 Å². The summed E-state index contributed by atoms with van der Waals surface area (Å²) in [4.78, 5) is 0. The molecular formula is C14H27NO2S. The SMILES string of the molecule is C[C@@H]1CC[C@H](NCC2CCS(=O)(=O)CC2)C[C@@H]1C. The average Bonchev–Trinajstić information content (AvgIpc) is 2.32. The zero-order valence-electron chi connectivity index (χ0n) is 11.7. The van der Waals surface area contributed by atoms with Gasteiger partial charge in [0.25, 0.3) is 0 Å². The molecule has 106 valence electrons. The Balaban J connectivity index is 1.69. The molecule has 0 amide bonds. The molecule has 0 spiro atoms. The highest BCUT2D eigenvalue weighted by atomic mass is 32.2. The lowest BCUT2D eigenvalue weighted by atomic mass is 9.79. The van der Waals surface area contributed by atoms with Gasteiger partial charge >= 0.3 is 0 Å². The highest BCUT2D eigenvalue weighted by molar-refractivity contribution is 7.91. The maximum Gasteiger partial charge on any atom is 0.150 e. The molecule has 0 aromatic rings. The van der Waals surface area contributed by atoms with E-state index in [9.17, 15) is 8.42 Å². The molecule has 2 fully saturated rings. The van der Waals surface area contributed by atoms with Gasteiger partial charge in [-0.15, -0.1) is 0 Å². The molecule has 18 heavy (non-hydrogen) atoms. The number of hydrogen-bond donors (Lipinski definition) is 1. The van der Waals surface area contributed by atoms with Gasteiger partial charge in [0.2, 0.25) is 0 Å². The topological polar surface area (TPSA) is 46.2 Å². The molecule has 1 saturated carbocycles. The molecule has 1 saturated heterocycles. The van der Waals surface area contributed by atoms with Gasteiger partial charge in [-0.05, 0) is 56.4 Å². The minimum atomic E-state index is -2.70. The van der Waals surface area contributed by atoms with E-state index in [0.29, 0.717) is 23.5 Å². The Morgan fingerprint density at radius 1 is 1.00 bits per heavy atom. The molecule has 1 aliphatic carbocycles. The van der Waals surface area contributed by atoms with Crippen LogP contribution in [0, 0.1) is 17.8 Å². The Hall–Kier alpha value is -0.0900. The van der Waals surface area contributed by atoms with Crippen molar-refractivity contribution in [2.75, 3.05) is 18.1 Å². The van der Waals surface area contributed by atoms with Crippen LogP contribution in [-0.4, -0.2) is 32.5 Å². The van der Waals surface area contributed by atoms with Crippen molar-refractivity contribution in [3.63, 3.8) is 0 Å². The molecule has 2 rings (SSSR count). The van der Waals surface area contributed by atoms with Gasteiger partial charge in [-0.3, -0.25) is 0 Å². The molecule has 3 atom stereocenters. The van der Waals surface area contributed by atoms with Gasteiger partial charge in [0.05, 0.1) is 11.5 Å². The summed E-state index contributed by atoms with van der Waals surface area (Å²) in [5.74, 6) is 3.06. The van der Waals surface area contributed by atoms with E-state index in [1.165, 1.54) is 19.3 Å². The maximum atomic E-state index is 11.4. The fourth-order valence-electron chi connectivity index (χ4n) is 3.21. The van der Waals surface area contributed by atoms with E-state index in [1.54, 1.807) is 0 Å². The summed E-state index contributed by atoms with van der Waals surface area (Å²) in [5, 5.41) is 3.67. The van der Waals surface area contributed by atoms with Crippen molar-refractivity contribution in [3.8, 4) is 0 Å². The van der Waals surface area contributed by atoms with E-state index in [-0.39, 0.29) is 0 Å². The van der Waals surface area contributed by atoms with Gasteiger partial charge < -0.3 is 5.32 Å². The molecule has 2 aliphatic rings. The summed E-state index contributed by atoms with van der Waals surface area (Å²) in [6, 6.07) is 0.662. The minimum absolute atomic E-state index is 0.400. The molecule has 4 heteroatoms. The van der Waals surface area contributed by atoms with Gasteiger partial charge in [0.15, 0.2) is 0 Å². The van der Waals surface area contributed by atoms with Crippen LogP contribution < -0.4 is 5.32 Å². The van der Waals surface area contributed by atoms with Gasteiger partial charge in [-0.2, -0.15) is 0 Å². The Kier molecular flexibility index (Phi) is 4.70. The minimum Gasteiger partial charge on any atom is -0.314 e. The summed E-state index contributed by atoms with van der Waals surface area (Å²) in [5.41, 5.74) is 0. The zero-order valence-corrected chi connectivity index (χ0v) is 12.5. The van der Waals surface area contributed by atoms with Crippen LogP contribution in [0.3, 0.4) is 0 Å². The summed E-state index contributed by atoms with van der Waals surface area (Å²) in [7, 11) is -2.70. The van der Waals surface area contributed by atoms with Crippen LogP contribution in [0.1, 0.15) is 46.0 Å². The van der Waals surface area contributed by atoms with Crippen molar-refractivity contribution in [1.29, 1.82) is 0 Å². The first-order valence-electron chi connectivity index (χ1n) is 7.40. The summed E-state index contributed by atoms with van der Waals surface area (Å²) < 4.78 is 22.7. The van der Waals surface area contributed by atoms with Crippen molar-refractivity contribution >= 4 is 9.84 Å². The van der Waals surface area contributed by atoms with Crippen LogP contribution in [0.25, 0.3) is 0 Å². The largest absolute Gasteiger partial charge is 0.314 e. The molecule has 0 aromatic heterocycles. The van der Waals surface area contributed by atoms with Crippen molar-refractivity contribution < 1.29 is 8.42 Å². The first-order chi connectivity index (χ1) is 8.46. The summed E-state index contributed by atoms with van der Waals surface area (Å²) >= 11 is 0. The third-order valence-electron chi connectivity index (χ3n) is 4.97. The number of hydrogen-bond acceptors (Lipinski definition) is 3. The predicted octanol–water partition coefficient (Wildman–Crippen LogP) is 2.23. The lowest BCUT2D eigenvalue weighted by Gasteiger charge is -2.34. The molecule has 0 radical (unpaired) electrons. The molecule has 1 N–H and O–H groups in total. The van der Waals surface area contributed by atoms with Crippen molar-refractivity contribution in [2.45, 2.75) is 52.0 Å². The molecule has 0 bridgehead atoms. The van der Waals surface area contributed by atoms with E-state index in [1.807, 2.05) is 0 Å². The second-order valence-corrected chi connectivity index (χ2v) is 8.77. The van der Waals surface area contributed by atoms with Gasteiger partial charge in [0.1, 0.15) is 9.84 Å². The average molecular weight is 273 g/mol. The van der Waals surface area contributed by atoms with Crippen LogP contribution in [0.4, 0.5) is 0 Å². The molecule has 1 aliphatic heterocycles. The first kappa shape index (κ1) is 14.3. The zero-order chi connectivity index (χ0) is 13.2. The normalized spacial score (nSPS) is 37.6. The van der Waals surface area contributed by atoms with Crippen LogP contribution in [0.2, 0.25) is 0 Å². The fraction of sp³-hybridized carbons (Fsp3) is 1.00. The Morgan fingerprint density at radius 2 is 1.67 bits per heavy atom. The Bertz CT molecular complexity index is 352. The van der Waals surface area contributed by atoms with Crippen LogP contribution in [-0.2, 0) is 9.84 Å². The number of sulfone groups is 1. The molecule has 0 unspecified atom stereocenters. The monoisotopic (exact) mass is 273 g/mol. The molecule has 0 aromatic carbocycles. The van der Waals surface area contributed by atoms with E-state index in [2.05, 4.69) is 19.2 Å². The summed E-state index contributed by atoms with van der Waals surface area (Å²) in [6.07, 6.45) is 5.61.